The van der Waals surface area contributed by atoms with Gasteiger partial charge in [-0.25, -0.2) is 0 Å². The molecule has 1 aliphatic heterocycles. The molecule has 1 aliphatic carbocycles. The molecule has 0 saturated carbocycles. The van der Waals surface area contributed by atoms with E-state index in [1.165, 1.54) is 17.5 Å². The highest BCUT2D eigenvalue weighted by atomic mass is 16.5. The summed E-state index contributed by atoms with van der Waals surface area (Å²) in [5.41, 5.74) is 2.55. The van der Waals surface area contributed by atoms with Gasteiger partial charge in [0, 0.05) is 0 Å². The molecule has 108 valence electrons. The average molecular weight is 273 g/mol. The van der Waals surface area contributed by atoms with Crippen LogP contribution in [0.25, 0.3) is 0 Å². The minimum Gasteiger partial charge on any atom is -0.456 e. The molecule has 0 aromatic heterocycles. The first kappa shape index (κ1) is 13.6. The average Bonchev–Trinajstić information content (AvgIpc) is 2.77. The van der Waals surface area contributed by atoms with E-state index in [0.717, 1.165) is 45.1 Å². The molecular formula is C17H23NO2. The molecule has 3 nitrogen and oxygen atoms in total. The van der Waals surface area contributed by atoms with E-state index in [4.69, 9.17) is 4.74 Å². The zero-order valence-corrected chi connectivity index (χ0v) is 11.9. The van der Waals surface area contributed by atoms with Crippen molar-refractivity contribution in [2.75, 3.05) is 6.54 Å². The number of hydrogen-bond acceptors (Lipinski definition) is 3. The minimum absolute atomic E-state index is 0.0440. The lowest BCUT2D eigenvalue weighted by molar-refractivity contribution is -0.153. The van der Waals surface area contributed by atoms with Crippen LogP contribution in [0.3, 0.4) is 0 Å². The van der Waals surface area contributed by atoms with E-state index < -0.39 is 0 Å². The van der Waals surface area contributed by atoms with Gasteiger partial charge < -0.3 is 10.1 Å². The first-order chi connectivity index (χ1) is 9.84. The maximum Gasteiger partial charge on any atom is 0.323 e. The van der Waals surface area contributed by atoms with Crippen LogP contribution < -0.4 is 5.32 Å². The summed E-state index contributed by atoms with van der Waals surface area (Å²) < 4.78 is 5.81. The van der Waals surface area contributed by atoms with Crippen LogP contribution in [0.2, 0.25) is 0 Å². The second kappa shape index (κ2) is 6.40. The highest BCUT2D eigenvalue weighted by Gasteiger charge is 2.27. The number of fused-ring (bicyclic) bond motifs is 1. The number of nitrogens with one attached hydrogen (secondary N) is 1. The quantitative estimate of drug-likeness (QED) is 0.841. The normalized spacial score (nSPS) is 26.4. The van der Waals surface area contributed by atoms with Crippen molar-refractivity contribution >= 4 is 5.97 Å². The van der Waals surface area contributed by atoms with Crippen molar-refractivity contribution in [1.82, 2.24) is 5.32 Å². The number of hydrogen-bond donors (Lipinski definition) is 1. The summed E-state index contributed by atoms with van der Waals surface area (Å²) in [5.74, 6) is -0.0615. The number of aryl methyl sites for hydroxylation is 1. The molecule has 2 aliphatic rings. The highest BCUT2D eigenvalue weighted by Crippen LogP contribution is 2.32. The molecule has 2 atom stereocenters. The third-order valence-electron chi connectivity index (χ3n) is 4.42. The monoisotopic (exact) mass is 273 g/mol. The van der Waals surface area contributed by atoms with Gasteiger partial charge in [0.05, 0.1) is 0 Å². The number of ether oxygens (including phenoxy) is 1. The molecule has 1 aromatic carbocycles. The van der Waals surface area contributed by atoms with Crippen LogP contribution in [0.1, 0.15) is 55.8 Å². The van der Waals surface area contributed by atoms with E-state index in [0.29, 0.717) is 0 Å². The third kappa shape index (κ3) is 3.04. The zero-order chi connectivity index (χ0) is 13.8. The fourth-order valence-corrected chi connectivity index (χ4v) is 3.28. The Morgan fingerprint density at radius 2 is 2.00 bits per heavy atom. The summed E-state index contributed by atoms with van der Waals surface area (Å²) in [6.45, 7) is 0.932. The number of benzene rings is 1. The predicted molar refractivity (Wildman–Crippen MR) is 78.5 cm³/mol. The molecule has 1 heterocycles. The summed E-state index contributed by atoms with van der Waals surface area (Å²) in [6, 6.07) is 8.25. The number of esters is 1. The van der Waals surface area contributed by atoms with Crippen molar-refractivity contribution in [2.24, 2.45) is 0 Å². The number of rotatable bonds is 2. The number of carbonyl (C=O) groups excluding carboxylic acids is 1. The molecule has 0 spiro atoms. The molecule has 0 amide bonds. The summed E-state index contributed by atoms with van der Waals surface area (Å²) in [7, 11) is 0. The summed E-state index contributed by atoms with van der Waals surface area (Å²) >= 11 is 0. The van der Waals surface area contributed by atoms with Gasteiger partial charge in [0.25, 0.3) is 0 Å². The predicted octanol–water partition coefficient (Wildman–Crippen LogP) is 3.14. The Hall–Kier alpha value is -1.35. The second-order valence-electron chi connectivity index (χ2n) is 5.87. The van der Waals surface area contributed by atoms with Gasteiger partial charge >= 0.3 is 5.97 Å². The Morgan fingerprint density at radius 1 is 1.10 bits per heavy atom. The van der Waals surface area contributed by atoms with Crippen molar-refractivity contribution in [3.63, 3.8) is 0 Å². The topological polar surface area (TPSA) is 38.3 Å². The van der Waals surface area contributed by atoms with Crippen molar-refractivity contribution in [1.29, 1.82) is 0 Å². The van der Waals surface area contributed by atoms with Gasteiger partial charge in [-0.2, -0.15) is 0 Å². The molecule has 1 saturated heterocycles. The highest BCUT2D eigenvalue weighted by molar-refractivity contribution is 5.76. The van der Waals surface area contributed by atoms with Gasteiger partial charge in [0.15, 0.2) is 0 Å². The van der Waals surface area contributed by atoms with E-state index in [1.54, 1.807) is 0 Å². The Kier molecular flexibility index (Phi) is 4.36. The largest absolute Gasteiger partial charge is 0.456 e. The van der Waals surface area contributed by atoms with Crippen LogP contribution >= 0.6 is 0 Å². The summed E-state index contributed by atoms with van der Waals surface area (Å²) in [6.07, 6.45) is 7.52. The number of carbonyl (C=O) groups is 1. The molecule has 3 heteroatoms. The fourth-order valence-electron chi connectivity index (χ4n) is 3.28. The minimum atomic E-state index is -0.105. The molecule has 0 bridgehead atoms. The summed E-state index contributed by atoms with van der Waals surface area (Å²) in [5, 5.41) is 3.32. The van der Waals surface area contributed by atoms with Crippen molar-refractivity contribution in [3.8, 4) is 0 Å². The molecule has 1 fully saturated rings. The van der Waals surface area contributed by atoms with Gasteiger partial charge in [-0.15, -0.1) is 0 Å². The molecular weight excluding hydrogens is 250 g/mol. The van der Waals surface area contributed by atoms with Crippen LogP contribution in [0.5, 0.6) is 0 Å². The standard InChI is InChI=1S/C17H23NO2/c19-17(15-10-2-1-5-12-18-15)20-16-11-6-8-13-7-3-4-9-14(13)16/h3-4,7,9,15-16,18H,1-2,5-6,8,10-12H2. The second-order valence-corrected chi connectivity index (χ2v) is 5.87. The maximum atomic E-state index is 12.3. The van der Waals surface area contributed by atoms with Crippen LogP contribution in [-0.2, 0) is 16.0 Å². The van der Waals surface area contributed by atoms with E-state index in [9.17, 15) is 4.79 Å². The van der Waals surface area contributed by atoms with Gasteiger partial charge in [0.2, 0.25) is 0 Å². The SMILES string of the molecule is O=C(OC1CCCc2ccccc21)C1CCCCCN1. The van der Waals surface area contributed by atoms with E-state index in [2.05, 4.69) is 23.5 Å². The summed E-state index contributed by atoms with van der Waals surface area (Å²) in [4.78, 5) is 12.3. The Balaban J connectivity index is 1.67. The van der Waals surface area contributed by atoms with Gasteiger partial charge in [-0.05, 0) is 49.8 Å². The Morgan fingerprint density at radius 3 is 2.95 bits per heavy atom. The van der Waals surface area contributed by atoms with E-state index in [-0.39, 0.29) is 18.1 Å². The van der Waals surface area contributed by atoms with Crippen molar-refractivity contribution < 1.29 is 9.53 Å². The van der Waals surface area contributed by atoms with E-state index in [1.807, 2.05) is 6.07 Å². The third-order valence-corrected chi connectivity index (χ3v) is 4.42. The molecule has 20 heavy (non-hydrogen) atoms. The first-order valence-electron chi connectivity index (χ1n) is 7.86. The van der Waals surface area contributed by atoms with Gasteiger partial charge in [-0.1, -0.05) is 37.1 Å². The first-order valence-corrected chi connectivity index (χ1v) is 7.86. The maximum absolute atomic E-state index is 12.3. The van der Waals surface area contributed by atoms with Crippen molar-refractivity contribution in [2.45, 2.75) is 57.1 Å². The molecule has 1 aromatic rings. The fraction of sp³-hybridized carbons (Fsp3) is 0.588. The van der Waals surface area contributed by atoms with E-state index >= 15 is 0 Å². The molecule has 1 N–H and O–H groups in total. The lowest BCUT2D eigenvalue weighted by Gasteiger charge is -2.27. The van der Waals surface area contributed by atoms with Crippen LogP contribution in [-0.4, -0.2) is 18.6 Å². The lowest BCUT2D eigenvalue weighted by atomic mass is 9.89. The zero-order valence-electron chi connectivity index (χ0n) is 11.9. The van der Waals surface area contributed by atoms with Crippen LogP contribution in [0.15, 0.2) is 24.3 Å². The van der Waals surface area contributed by atoms with Crippen LogP contribution in [0.4, 0.5) is 0 Å². The molecule has 3 rings (SSSR count). The Labute approximate surface area is 120 Å². The van der Waals surface area contributed by atoms with Crippen LogP contribution in [0, 0.1) is 0 Å². The van der Waals surface area contributed by atoms with Crippen molar-refractivity contribution in [3.05, 3.63) is 35.4 Å². The molecule has 2 unspecified atom stereocenters. The lowest BCUT2D eigenvalue weighted by Crippen LogP contribution is -2.38. The van der Waals surface area contributed by atoms with Gasteiger partial charge in [0.1, 0.15) is 12.1 Å². The van der Waals surface area contributed by atoms with Gasteiger partial charge in [-0.3, -0.25) is 4.79 Å². The Bertz CT molecular complexity index is 464. The smallest absolute Gasteiger partial charge is 0.323 e. The molecule has 0 radical (unpaired) electrons.